The summed E-state index contributed by atoms with van der Waals surface area (Å²) in [5.74, 6) is -0.133. The van der Waals surface area contributed by atoms with Crippen LogP contribution >= 0.6 is 0 Å². The minimum atomic E-state index is -4.37. The summed E-state index contributed by atoms with van der Waals surface area (Å²) in [6.45, 7) is 8.38. The number of halogens is 3. The molecule has 0 unspecified atom stereocenters. The van der Waals surface area contributed by atoms with Crippen LogP contribution in [0.5, 0.6) is 0 Å². The minimum absolute atomic E-state index is 0.0203. The number of carbonyl (C=O) groups is 1. The standard InChI is InChI=1S/C21H29F3N2O/c1-15(2)25-12-9-19(10-13-25)26-11-3-4-17(14-26)20(27)16-5-7-18(8-6-16)21(22,23)24/h5-8,15,17,19H,3-4,9-14H2,1-2H3/t17-/m1/s1. The summed E-state index contributed by atoms with van der Waals surface area (Å²) in [6, 6.07) is 5.76. The van der Waals surface area contributed by atoms with Crippen LogP contribution in [0.25, 0.3) is 0 Å². The molecular weight excluding hydrogens is 353 g/mol. The van der Waals surface area contributed by atoms with Crippen molar-refractivity contribution in [3.63, 3.8) is 0 Å². The van der Waals surface area contributed by atoms with Crippen LogP contribution in [0.15, 0.2) is 24.3 Å². The number of ketones is 1. The van der Waals surface area contributed by atoms with Crippen LogP contribution in [0.4, 0.5) is 13.2 Å². The maximum absolute atomic E-state index is 12.8. The first-order valence-electron chi connectivity index (χ1n) is 9.95. The topological polar surface area (TPSA) is 23.6 Å². The van der Waals surface area contributed by atoms with Crippen LogP contribution in [-0.2, 0) is 6.18 Å². The van der Waals surface area contributed by atoms with Crippen LogP contribution < -0.4 is 0 Å². The Labute approximate surface area is 159 Å². The summed E-state index contributed by atoms with van der Waals surface area (Å²) < 4.78 is 38.1. The molecule has 0 bridgehead atoms. The van der Waals surface area contributed by atoms with Crippen molar-refractivity contribution in [1.82, 2.24) is 9.80 Å². The summed E-state index contributed by atoms with van der Waals surface area (Å²) >= 11 is 0. The molecule has 1 aromatic rings. The molecule has 2 aliphatic rings. The number of rotatable bonds is 4. The first-order chi connectivity index (χ1) is 12.8. The van der Waals surface area contributed by atoms with Crippen LogP contribution in [-0.4, -0.2) is 53.8 Å². The van der Waals surface area contributed by atoms with Crippen LogP contribution in [0.1, 0.15) is 55.5 Å². The third-order valence-corrected chi connectivity index (χ3v) is 6.07. The van der Waals surface area contributed by atoms with Crippen molar-refractivity contribution in [2.24, 2.45) is 5.92 Å². The van der Waals surface area contributed by atoms with E-state index >= 15 is 0 Å². The molecule has 0 spiro atoms. The molecule has 2 aliphatic heterocycles. The van der Waals surface area contributed by atoms with Gasteiger partial charge in [0.15, 0.2) is 5.78 Å². The van der Waals surface area contributed by atoms with Crippen molar-refractivity contribution < 1.29 is 18.0 Å². The minimum Gasteiger partial charge on any atom is -0.301 e. The highest BCUT2D eigenvalue weighted by Crippen LogP contribution is 2.30. The first kappa shape index (κ1) is 20.3. The van der Waals surface area contributed by atoms with Gasteiger partial charge in [-0.05, 0) is 71.3 Å². The van der Waals surface area contributed by atoms with Crippen LogP contribution in [0.3, 0.4) is 0 Å². The highest BCUT2D eigenvalue weighted by molar-refractivity contribution is 5.98. The number of nitrogens with zero attached hydrogens (tertiary/aromatic N) is 2. The largest absolute Gasteiger partial charge is 0.416 e. The van der Waals surface area contributed by atoms with Crippen LogP contribution in [0.2, 0.25) is 0 Å². The number of benzene rings is 1. The van der Waals surface area contributed by atoms with E-state index in [1.807, 2.05) is 0 Å². The SMILES string of the molecule is CC(C)N1CCC(N2CCC[C@@H](C(=O)c3ccc(C(F)(F)F)cc3)C2)CC1. The van der Waals surface area contributed by atoms with Crippen molar-refractivity contribution in [1.29, 1.82) is 0 Å². The molecule has 3 nitrogen and oxygen atoms in total. The average Bonchev–Trinajstić information content (AvgIpc) is 2.67. The predicted molar refractivity (Wildman–Crippen MR) is 99.8 cm³/mol. The van der Waals surface area contributed by atoms with Crippen LogP contribution in [0, 0.1) is 5.92 Å². The molecule has 0 radical (unpaired) electrons. The average molecular weight is 382 g/mol. The van der Waals surface area contributed by atoms with Gasteiger partial charge in [-0.15, -0.1) is 0 Å². The predicted octanol–water partition coefficient (Wildman–Crippen LogP) is 4.47. The molecule has 2 saturated heterocycles. The second-order valence-corrected chi connectivity index (χ2v) is 8.13. The summed E-state index contributed by atoms with van der Waals surface area (Å²) in [6.07, 6.45) is -0.324. The molecule has 0 N–H and O–H groups in total. The van der Waals surface area contributed by atoms with E-state index in [9.17, 15) is 18.0 Å². The highest BCUT2D eigenvalue weighted by atomic mass is 19.4. The second kappa shape index (κ2) is 8.31. The summed E-state index contributed by atoms with van der Waals surface area (Å²) in [5.41, 5.74) is -0.314. The zero-order valence-electron chi connectivity index (χ0n) is 16.1. The molecule has 27 heavy (non-hydrogen) atoms. The van der Waals surface area contributed by atoms with E-state index in [4.69, 9.17) is 0 Å². The first-order valence-corrected chi connectivity index (χ1v) is 9.95. The number of carbonyl (C=O) groups excluding carboxylic acids is 1. The lowest BCUT2D eigenvalue weighted by molar-refractivity contribution is -0.137. The van der Waals surface area contributed by atoms with Gasteiger partial charge in [-0.2, -0.15) is 13.2 Å². The van der Waals surface area contributed by atoms with Gasteiger partial charge in [-0.1, -0.05) is 12.1 Å². The van der Waals surface area contributed by atoms with E-state index in [-0.39, 0.29) is 11.7 Å². The second-order valence-electron chi connectivity index (χ2n) is 8.13. The zero-order chi connectivity index (χ0) is 19.6. The summed E-state index contributed by atoms with van der Waals surface area (Å²) in [7, 11) is 0. The molecule has 150 valence electrons. The van der Waals surface area contributed by atoms with E-state index in [0.29, 0.717) is 17.6 Å². The molecular formula is C21H29F3N2O. The van der Waals surface area contributed by atoms with Crippen molar-refractivity contribution >= 4 is 5.78 Å². The Morgan fingerprint density at radius 2 is 1.67 bits per heavy atom. The smallest absolute Gasteiger partial charge is 0.301 e. The maximum atomic E-state index is 12.8. The van der Waals surface area contributed by atoms with Crippen molar-refractivity contribution in [2.75, 3.05) is 26.2 Å². The lowest BCUT2D eigenvalue weighted by Crippen LogP contribution is -2.50. The Hall–Kier alpha value is -1.40. The molecule has 2 fully saturated rings. The quantitative estimate of drug-likeness (QED) is 0.718. The van der Waals surface area contributed by atoms with Gasteiger partial charge >= 0.3 is 6.18 Å². The molecule has 0 aliphatic carbocycles. The number of alkyl halides is 3. The van der Waals surface area contributed by atoms with E-state index in [0.717, 1.165) is 64.0 Å². The highest BCUT2D eigenvalue weighted by Gasteiger charge is 2.33. The Morgan fingerprint density at radius 1 is 1.04 bits per heavy atom. The number of hydrogen-bond donors (Lipinski definition) is 0. The van der Waals surface area contributed by atoms with Gasteiger partial charge in [0.1, 0.15) is 0 Å². The third kappa shape index (κ3) is 4.91. The molecule has 2 heterocycles. The van der Waals surface area contributed by atoms with E-state index in [2.05, 4.69) is 23.6 Å². The zero-order valence-corrected chi connectivity index (χ0v) is 16.1. The fourth-order valence-electron chi connectivity index (χ4n) is 4.38. The molecule has 3 rings (SSSR count). The molecule has 0 saturated carbocycles. The molecule has 0 aromatic heterocycles. The summed E-state index contributed by atoms with van der Waals surface area (Å²) in [5, 5.41) is 0. The lowest BCUT2D eigenvalue weighted by atomic mass is 9.88. The van der Waals surface area contributed by atoms with E-state index < -0.39 is 11.7 Å². The van der Waals surface area contributed by atoms with Gasteiger partial charge in [-0.3, -0.25) is 9.69 Å². The monoisotopic (exact) mass is 382 g/mol. The van der Waals surface area contributed by atoms with Crippen molar-refractivity contribution in [2.45, 2.75) is 57.8 Å². The van der Waals surface area contributed by atoms with E-state index in [1.165, 1.54) is 12.1 Å². The maximum Gasteiger partial charge on any atom is 0.416 e. The normalized spacial score (nSPS) is 23.7. The van der Waals surface area contributed by atoms with Gasteiger partial charge in [-0.25, -0.2) is 0 Å². The van der Waals surface area contributed by atoms with Crippen molar-refractivity contribution in [3.8, 4) is 0 Å². The number of likely N-dealkylation sites (tertiary alicyclic amines) is 2. The Kier molecular flexibility index (Phi) is 6.26. The van der Waals surface area contributed by atoms with Crippen molar-refractivity contribution in [3.05, 3.63) is 35.4 Å². The van der Waals surface area contributed by atoms with Gasteiger partial charge in [0.25, 0.3) is 0 Å². The third-order valence-electron chi connectivity index (χ3n) is 6.07. The molecule has 1 aromatic carbocycles. The Morgan fingerprint density at radius 3 is 2.22 bits per heavy atom. The van der Waals surface area contributed by atoms with Gasteiger partial charge in [0.2, 0.25) is 0 Å². The fourth-order valence-corrected chi connectivity index (χ4v) is 4.38. The van der Waals surface area contributed by atoms with E-state index in [1.54, 1.807) is 0 Å². The molecule has 1 atom stereocenters. The molecule has 0 amide bonds. The Bertz CT molecular complexity index is 634. The van der Waals surface area contributed by atoms with Gasteiger partial charge < -0.3 is 4.90 Å². The fraction of sp³-hybridized carbons (Fsp3) is 0.667. The summed E-state index contributed by atoms with van der Waals surface area (Å²) in [4.78, 5) is 17.7. The number of Topliss-reactive ketones (excluding diaryl/α,β-unsaturated/α-hetero) is 1. The lowest BCUT2D eigenvalue weighted by Gasteiger charge is -2.43. The van der Waals surface area contributed by atoms with Gasteiger partial charge in [0, 0.05) is 30.1 Å². The number of hydrogen-bond acceptors (Lipinski definition) is 3. The Balaban J connectivity index is 1.60. The molecule has 6 heteroatoms. The number of piperidine rings is 2. The van der Waals surface area contributed by atoms with Gasteiger partial charge in [0.05, 0.1) is 5.56 Å².